The molecule has 0 saturated heterocycles. The lowest BCUT2D eigenvalue weighted by Crippen LogP contribution is -2.38. The first kappa shape index (κ1) is 23.8. The summed E-state index contributed by atoms with van der Waals surface area (Å²) < 4.78 is 34.5. The summed E-state index contributed by atoms with van der Waals surface area (Å²) >= 11 is 6.18. The molecule has 0 atom stereocenters. The molecule has 4 N–H and O–H groups in total. The molecule has 0 aromatic heterocycles. The summed E-state index contributed by atoms with van der Waals surface area (Å²) in [7, 11) is -4.05. The third-order valence-electron chi connectivity index (χ3n) is 3.47. The molecule has 0 aromatic rings. The van der Waals surface area contributed by atoms with Gasteiger partial charge in [0.25, 0.3) is 10.1 Å². The van der Waals surface area contributed by atoms with E-state index in [-0.39, 0.29) is 4.75 Å². The second-order valence-corrected chi connectivity index (χ2v) is 10.5. The fourth-order valence-electron chi connectivity index (χ4n) is 1.77. The minimum Gasteiger partial charge on any atom is -0.363 e. The van der Waals surface area contributed by atoms with Crippen LogP contribution in [0.1, 0.15) is 53.4 Å². The fraction of sp³-hybridized carbons (Fsp3) is 0.923. The van der Waals surface area contributed by atoms with Crippen LogP contribution in [0, 0.1) is 0 Å². The molecule has 0 spiro atoms. The second-order valence-electron chi connectivity index (χ2n) is 6.61. The molecule has 0 saturated carbocycles. The smallest absolute Gasteiger partial charge is 0.270 e. The Hall–Kier alpha value is -0.170. The SMILES string of the molecule is CC(C)(CCCNC(=S)NCCCC(C)(C)S(=O)(=O)O)SOOO. The van der Waals surface area contributed by atoms with Crippen molar-refractivity contribution in [1.29, 1.82) is 0 Å². The van der Waals surface area contributed by atoms with E-state index in [0.29, 0.717) is 31.0 Å². The van der Waals surface area contributed by atoms with Gasteiger partial charge >= 0.3 is 0 Å². The standard InChI is InChI=1S/C13H28N2O6S3/c1-12(2,23-21-20-16)7-5-9-14-11(22)15-10-6-8-13(3,4)24(17,18)19/h16H,5-10H2,1-4H3,(H2,14,15,22)(H,17,18,19). The molecule has 24 heavy (non-hydrogen) atoms. The van der Waals surface area contributed by atoms with Crippen molar-refractivity contribution in [2.24, 2.45) is 0 Å². The van der Waals surface area contributed by atoms with Crippen LogP contribution in [0.4, 0.5) is 0 Å². The minimum atomic E-state index is -4.05. The van der Waals surface area contributed by atoms with Crippen molar-refractivity contribution < 1.29 is 27.6 Å². The van der Waals surface area contributed by atoms with Gasteiger partial charge in [-0.25, -0.2) is 5.26 Å². The summed E-state index contributed by atoms with van der Waals surface area (Å²) in [4.78, 5) is 0. The Morgan fingerprint density at radius 1 is 1.12 bits per heavy atom. The molecule has 0 heterocycles. The fourth-order valence-corrected chi connectivity index (χ4v) is 2.82. The summed E-state index contributed by atoms with van der Waals surface area (Å²) in [5, 5.41) is 18.3. The number of hydrogen-bond donors (Lipinski definition) is 4. The monoisotopic (exact) mass is 404 g/mol. The highest BCUT2D eigenvalue weighted by Crippen LogP contribution is 2.29. The average Bonchev–Trinajstić information content (AvgIpc) is 2.45. The van der Waals surface area contributed by atoms with Crippen molar-refractivity contribution in [3.63, 3.8) is 0 Å². The van der Waals surface area contributed by atoms with Crippen LogP contribution >= 0.6 is 24.3 Å². The highest BCUT2D eigenvalue weighted by molar-refractivity contribution is 7.95. The van der Waals surface area contributed by atoms with Gasteiger partial charge in [0.05, 0.1) is 4.75 Å². The van der Waals surface area contributed by atoms with Gasteiger partial charge in [0.15, 0.2) is 5.11 Å². The first-order valence-electron chi connectivity index (χ1n) is 7.56. The number of nitrogens with one attached hydrogen (secondary N) is 2. The lowest BCUT2D eigenvalue weighted by molar-refractivity contribution is -0.432. The van der Waals surface area contributed by atoms with Gasteiger partial charge in [-0.05, 0) is 65.6 Å². The van der Waals surface area contributed by atoms with E-state index in [1.54, 1.807) is 0 Å². The minimum absolute atomic E-state index is 0.208. The van der Waals surface area contributed by atoms with Gasteiger partial charge in [-0.2, -0.15) is 8.42 Å². The van der Waals surface area contributed by atoms with Crippen LogP contribution in [-0.4, -0.2) is 45.9 Å². The molecule has 0 radical (unpaired) electrons. The zero-order valence-electron chi connectivity index (χ0n) is 14.5. The van der Waals surface area contributed by atoms with Crippen molar-refractivity contribution in [2.75, 3.05) is 13.1 Å². The van der Waals surface area contributed by atoms with E-state index in [1.165, 1.54) is 13.8 Å². The van der Waals surface area contributed by atoms with Gasteiger partial charge in [-0.1, -0.05) is 5.04 Å². The van der Waals surface area contributed by atoms with E-state index >= 15 is 0 Å². The van der Waals surface area contributed by atoms with E-state index in [2.05, 4.69) is 20.0 Å². The molecular formula is C13H28N2O6S3. The largest absolute Gasteiger partial charge is 0.363 e. The van der Waals surface area contributed by atoms with Crippen LogP contribution in [0.5, 0.6) is 0 Å². The van der Waals surface area contributed by atoms with Crippen molar-refractivity contribution >= 4 is 39.5 Å². The molecule has 0 rings (SSSR count). The van der Waals surface area contributed by atoms with E-state index < -0.39 is 14.9 Å². The normalized spacial score (nSPS) is 12.9. The predicted molar refractivity (Wildman–Crippen MR) is 99.2 cm³/mol. The van der Waals surface area contributed by atoms with Gasteiger partial charge in [0.2, 0.25) is 0 Å². The molecule has 0 unspecified atom stereocenters. The lowest BCUT2D eigenvalue weighted by atomic mass is 10.1. The van der Waals surface area contributed by atoms with Crippen LogP contribution in [-0.2, 0) is 19.5 Å². The quantitative estimate of drug-likeness (QED) is 0.0965. The molecule has 0 aliphatic carbocycles. The summed E-state index contributed by atoms with van der Waals surface area (Å²) in [6.07, 6.45) is 2.56. The van der Waals surface area contributed by atoms with E-state index in [1.807, 2.05) is 13.8 Å². The maximum Gasteiger partial charge on any atom is 0.270 e. The van der Waals surface area contributed by atoms with Gasteiger partial charge in [0.1, 0.15) is 0 Å². The van der Waals surface area contributed by atoms with E-state index in [9.17, 15) is 8.42 Å². The summed E-state index contributed by atoms with van der Waals surface area (Å²) in [6.45, 7) is 8.10. The topological polar surface area (TPSA) is 117 Å². The third kappa shape index (κ3) is 10.6. The maximum absolute atomic E-state index is 11.2. The molecule has 8 nitrogen and oxygen atoms in total. The van der Waals surface area contributed by atoms with Crippen LogP contribution in [0.15, 0.2) is 0 Å². The zero-order chi connectivity index (χ0) is 18.9. The van der Waals surface area contributed by atoms with Crippen LogP contribution in [0.2, 0.25) is 0 Å². The summed E-state index contributed by atoms with van der Waals surface area (Å²) in [5.41, 5.74) is 0. The highest BCUT2D eigenvalue weighted by Gasteiger charge is 2.31. The number of hydrogen-bond acceptors (Lipinski definition) is 7. The Labute approximate surface area is 153 Å². The molecule has 144 valence electrons. The Morgan fingerprint density at radius 2 is 1.62 bits per heavy atom. The molecule has 0 amide bonds. The van der Waals surface area contributed by atoms with Gasteiger partial charge in [0, 0.05) is 29.9 Å². The van der Waals surface area contributed by atoms with Crippen molar-refractivity contribution in [2.45, 2.75) is 62.9 Å². The van der Waals surface area contributed by atoms with Crippen LogP contribution in [0.25, 0.3) is 0 Å². The molecule has 0 fully saturated rings. The Morgan fingerprint density at radius 3 is 2.08 bits per heavy atom. The van der Waals surface area contributed by atoms with Crippen molar-refractivity contribution in [3.05, 3.63) is 0 Å². The second kappa shape index (κ2) is 10.7. The molecule has 0 aliphatic heterocycles. The Bertz CT molecular complexity index is 482. The summed E-state index contributed by atoms with van der Waals surface area (Å²) in [6, 6.07) is 0. The lowest BCUT2D eigenvalue weighted by Gasteiger charge is -2.21. The van der Waals surface area contributed by atoms with Crippen LogP contribution in [0.3, 0.4) is 0 Å². The maximum atomic E-state index is 11.2. The van der Waals surface area contributed by atoms with Gasteiger partial charge in [-0.3, -0.25) is 4.55 Å². The van der Waals surface area contributed by atoms with E-state index in [0.717, 1.165) is 24.9 Å². The van der Waals surface area contributed by atoms with Crippen molar-refractivity contribution in [3.8, 4) is 0 Å². The first-order valence-corrected chi connectivity index (χ1v) is 10.1. The van der Waals surface area contributed by atoms with Gasteiger partial charge in [-0.15, -0.1) is 4.33 Å². The zero-order valence-corrected chi connectivity index (χ0v) is 16.9. The van der Waals surface area contributed by atoms with Gasteiger partial charge < -0.3 is 10.6 Å². The van der Waals surface area contributed by atoms with Crippen molar-refractivity contribution in [1.82, 2.24) is 10.6 Å². The molecule has 0 aliphatic rings. The molecule has 0 bridgehead atoms. The highest BCUT2D eigenvalue weighted by atomic mass is 32.2. The predicted octanol–water partition coefficient (Wildman–Crippen LogP) is 2.53. The molecular weight excluding hydrogens is 376 g/mol. The average molecular weight is 405 g/mol. The first-order chi connectivity index (χ1) is 10.9. The number of thiocarbonyl (C=S) groups is 1. The van der Waals surface area contributed by atoms with E-state index in [4.69, 9.17) is 22.0 Å². The third-order valence-corrected chi connectivity index (χ3v) is 6.14. The molecule has 0 aromatic carbocycles. The molecule has 11 heteroatoms. The Balaban J connectivity index is 3.82. The summed E-state index contributed by atoms with van der Waals surface area (Å²) in [5.74, 6) is 0. The number of rotatable bonds is 12. The van der Waals surface area contributed by atoms with Crippen LogP contribution < -0.4 is 10.6 Å². The Kier molecular flexibility index (Phi) is 10.7.